The quantitative estimate of drug-likeness (QED) is 0.486. The molecule has 1 atom stereocenters. The van der Waals surface area contributed by atoms with Crippen LogP contribution in [0.25, 0.3) is 0 Å². The second kappa shape index (κ2) is 10.8. The molecule has 0 fully saturated rings. The van der Waals surface area contributed by atoms with Gasteiger partial charge in [0.05, 0.1) is 37.4 Å². The standard InChI is InChI=1S/C28H25N5O5/c1-16-14-17(2)32-28(31-16)38-20-12-10-19(11-13-20)33-24(27(35)37-4)23(26(34)36-3)22(21(15-29)25(33)30)18-8-6-5-7-9-18/h5-14,22H,30H2,1-4H3. The number of allylic oxidation sites excluding steroid dienone is 1. The van der Waals surface area contributed by atoms with Crippen LogP contribution >= 0.6 is 0 Å². The Morgan fingerprint density at radius 3 is 2.11 bits per heavy atom. The third kappa shape index (κ3) is 4.90. The van der Waals surface area contributed by atoms with Crippen LogP contribution in [0.5, 0.6) is 11.8 Å². The molecule has 0 bridgehead atoms. The first-order valence-electron chi connectivity index (χ1n) is 11.5. The topological polar surface area (TPSA) is 141 Å². The lowest BCUT2D eigenvalue weighted by Crippen LogP contribution is -2.40. The third-order valence-corrected chi connectivity index (χ3v) is 5.88. The van der Waals surface area contributed by atoms with Crippen LogP contribution in [-0.2, 0) is 19.1 Å². The summed E-state index contributed by atoms with van der Waals surface area (Å²) in [6.07, 6.45) is 0. The van der Waals surface area contributed by atoms with Crippen molar-refractivity contribution in [2.45, 2.75) is 19.8 Å². The van der Waals surface area contributed by atoms with E-state index in [0.29, 0.717) is 17.0 Å². The molecule has 0 spiro atoms. The second-order valence-electron chi connectivity index (χ2n) is 8.36. The highest BCUT2D eigenvalue weighted by Crippen LogP contribution is 2.43. The van der Waals surface area contributed by atoms with Gasteiger partial charge in [-0.25, -0.2) is 19.6 Å². The van der Waals surface area contributed by atoms with E-state index in [-0.39, 0.29) is 28.7 Å². The van der Waals surface area contributed by atoms with Gasteiger partial charge in [-0.05, 0) is 49.7 Å². The SMILES string of the molecule is COC(=O)C1=C(C(=O)OC)N(c2ccc(Oc3nc(C)cc(C)n3)cc2)C(N)=C(C#N)C1c1ccccc1. The van der Waals surface area contributed by atoms with Crippen molar-refractivity contribution in [2.75, 3.05) is 19.1 Å². The van der Waals surface area contributed by atoms with Gasteiger partial charge in [-0.2, -0.15) is 5.26 Å². The predicted molar refractivity (Wildman–Crippen MR) is 138 cm³/mol. The summed E-state index contributed by atoms with van der Waals surface area (Å²) in [6, 6.07) is 19.5. The summed E-state index contributed by atoms with van der Waals surface area (Å²) in [5.74, 6) is -2.16. The van der Waals surface area contributed by atoms with Gasteiger partial charge in [0.15, 0.2) is 0 Å². The Bertz CT molecular complexity index is 1470. The molecular formula is C28H25N5O5. The summed E-state index contributed by atoms with van der Waals surface area (Å²) in [5, 5.41) is 10.1. The Morgan fingerprint density at radius 2 is 1.55 bits per heavy atom. The van der Waals surface area contributed by atoms with Gasteiger partial charge in [0.2, 0.25) is 0 Å². The van der Waals surface area contributed by atoms with Gasteiger partial charge in [-0.1, -0.05) is 30.3 Å². The van der Waals surface area contributed by atoms with Crippen LogP contribution in [0, 0.1) is 25.2 Å². The maximum atomic E-state index is 13.1. The number of carbonyl (C=O) groups excluding carboxylic acids is 2. The largest absolute Gasteiger partial charge is 0.466 e. The smallest absolute Gasteiger partial charge is 0.355 e. The first-order valence-corrected chi connectivity index (χ1v) is 11.5. The zero-order chi connectivity index (χ0) is 27.4. The summed E-state index contributed by atoms with van der Waals surface area (Å²) in [7, 11) is 2.39. The van der Waals surface area contributed by atoms with Crippen molar-refractivity contribution in [3.05, 3.63) is 100 Å². The summed E-state index contributed by atoms with van der Waals surface area (Å²) < 4.78 is 15.9. The number of rotatable bonds is 6. The Morgan fingerprint density at radius 1 is 0.947 bits per heavy atom. The van der Waals surface area contributed by atoms with Crippen molar-refractivity contribution in [1.82, 2.24) is 9.97 Å². The van der Waals surface area contributed by atoms with Crippen LogP contribution in [-0.4, -0.2) is 36.1 Å². The first-order chi connectivity index (χ1) is 18.3. The van der Waals surface area contributed by atoms with Gasteiger partial charge in [0, 0.05) is 17.1 Å². The van der Waals surface area contributed by atoms with E-state index in [9.17, 15) is 14.9 Å². The van der Waals surface area contributed by atoms with Crippen LogP contribution in [0.4, 0.5) is 5.69 Å². The molecule has 4 rings (SSSR count). The molecule has 1 unspecified atom stereocenters. The van der Waals surface area contributed by atoms with E-state index < -0.39 is 17.9 Å². The molecule has 0 radical (unpaired) electrons. The van der Waals surface area contributed by atoms with Crippen LogP contribution in [0.15, 0.2) is 83.3 Å². The number of aryl methyl sites for hydroxylation is 2. The summed E-state index contributed by atoms with van der Waals surface area (Å²) in [5.41, 5.74) is 8.86. The fourth-order valence-corrected chi connectivity index (χ4v) is 4.29. The van der Waals surface area contributed by atoms with E-state index in [1.807, 2.05) is 19.9 Å². The third-order valence-electron chi connectivity index (χ3n) is 5.88. The Balaban J connectivity index is 1.86. The van der Waals surface area contributed by atoms with Gasteiger partial charge in [-0.3, -0.25) is 4.90 Å². The lowest BCUT2D eigenvalue weighted by molar-refractivity contribution is -0.139. The lowest BCUT2D eigenvalue weighted by Gasteiger charge is -2.35. The van der Waals surface area contributed by atoms with Crippen molar-refractivity contribution < 1.29 is 23.8 Å². The molecule has 0 saturated heterocycles. The average Bonchev–Trinajstić information content (AvgIpc) is 2.92. The van der Waals surface area contributed by atoms with Gasteiger partial charge in [0.25, 0.3) is 0 Å². The van der Waals surface area contributed by atoms with E-state index in [1.54, 1.807) is 54.6 Å². The normalized spacial score (nSPS) is 15.1. The Kier molecular flexibility index (Phi) is 7.39. The van der Waals surface area contributed by atoms with Crippen LogP contribution < -0.4 is 15.4 Å². The highest BCUT2D eigenvalue weighted by atomic mass is 16.5. The van der Waals surface area contributed by atoms with E-state index in [1.165, 1.54) is 19.1 Å². The molecule has 0 amide bonds. The number of aromatic nitrogens is 2. The van der Waals surface area contributed by atoms with Crippen molar-refractivity contribution in [2.24, 2.45) is 5.73 Å². The number of nitrogens with two attached hydrogens (primary N) is 1. The predicted octanol–water partition coefficient (Wildman–Crippen LogP) is 3.78. The number of hydrogen-bond acceptors (Lipinski definition) is 10. The molecule has 2 N–H and O–H groups in total. The van der Waals surface area contributed by atoms with Crippen molar-refractivity contribution in [1.29, 1.82) is 5.26 Å². The van der Waals surface area contributed by atoms with Crippen LogP contribution in [0.2, 0.25) is 0 Å². The van der Waals surface area contributed by atoms with Crippen molar-refractivity contribution in [3.63, 3.8) is 0 Å². The van der Waals surface area contributed by atoms with Crippen molar-refractivity contribution >= 4 is 17.6 Å². The summed E-state index contributed by atoms with van der Waals surface area (Å²) in [4.78, 5) is 36.1. The zero-order valence-electron chi connectivity index (χ0n) is 21.3. The number of carbonyl (C=O) groups is 2. The number of nitriles is 1. The lowest BCUT2D eigenvalue weighted by atomic mass is 9.81. The molecule has 2 aromatic carbocycles. The molecule has 1 aliphatic heterocycles. The number of hydrogen-bond donors (Lipinski definition) is 1. The average molecular weight is 512 g/mol. The second-order valence-corrected chi connectivity index (χ2v) is 8.36. The number of ether oxygens (including phenoxy) is 3. The Labute approximate surface area is 219 Å². The maximum absolute atomic E-state index is 13.1. The van der Waals surface area contributed by atoms with E-state index in [4.69, 9.17) is 19.9 Å². The zero-order valence-corrected chi connectivity index (χ0v) is 21.3. The van der Waals surface area contributed by atoms with Crippen LogP contribution in [0.1, 0.15) is 22.9 Å². The van der Waals surface area contributed by atoms with E-state index in [2.05, 4.69) is 16.0 Å². The summed E-state index contributed by atoms with van der Waals surface area (Å²) in [6.45, 7) is 3.68. The molecule has 192 valence electrons. The molecule has 38 heavy (non-hydrogen) atoms. The fourth-order valence-electron chi connectivity index (χ4n) is 4.29. The molecule has 3 aromatic rings. The molecule has 1 aromatic heterocycles. The molecule has 1 aliphatic rings. The number of benzene rings is 2. The Hall–Kier alpha value is -5.17. The molecule has 2 heterocycles. The maximum Gasteiger partial charge on any atom is 0.355 e. The minimum absolute atomic E-state index is 0.0271. The van der Waals surface area contributed by atoms with Crippen LogP contribution in [0.3, 0.4) is 0 Å². The number of methoxy groups -OCH3 is 2. The summed E-state index contributed by atoms with van der Waals surface area (Å²) >= 11 is 0. The first kappa shape index (κ1) is 25.9. The highest BCUT2D eigenvalue weighted by Gasteiger charge is 2.42. The molecule has 0 aliphatic carbocycles. The van der Waals surface area contributed by atoms with Crippen molar-refractivity contribution in [3.8, 4) is 17.8 Å². The number of nitrogens with zero attached hydrogens (tertiary/aromatic N) is 4. The van der Waals surface area contributed by atoms with Gasteiger partial charge in [-0.15, -0.1) is 0 Å². The van der Waals surface area contributed by atoms with E-state index >= 15 is 0 Å². The number of esters is 2. The number of anilines is 1. The minimum Gasteiger partial charge on any atom is -0.466 e. The van der Waals surface area contributed by atoms with Gasteiger partial charge < -0.3 is 19.9 Å². The monoisotopic (exact) mass is 511 g/mol. The minimum atomic E-state index is -0.941. The fraction of sp³-hybridized carbons (Fsp3) is 0.179. The molecule has 10 heteroatoms. The highest BCUT2D eigenvalue weighted by molar-refractivity contribution is 6.06. The van der Waals surface area contributed by atoms with E-state index in [0.717, 1.165) is 11.4 Å². The van der Waals surface area contributed by atoms with Gasteiger partial charge >= 0.3 is 17.9 Å². The molecule has 0 saturated carbocycles. The molecular weight excluding hydrogens is 486 g/mol. The van der Waals surface area contributed by atoms with Gasteiger partial charge in [0.1, 0.15) is 17.3 Å². The molecule has 10 nitrogen and oxygen atoms in total.